The van der Waals surface area contributed by atoms with Crippen molar-refractivity contribution >= 4 is 5.96 Å². The molecule has 3 saturated heterocycles. The first-order valence-corrected chi connectivity index (χ1v) is 9.81. The zero-order valence-electron chi connectivity index (χ0n) is 15.3. The largest absolute Gasteiger partial charge is 0.490 e. The zero-order chi connectivity index (χ0) is 17.5. The van der Waals surface area contributed by atoms with Crippen LogP contribution in [0.2, 0.25) is 0 Å². The van der Waals surface area contributed by atoms with Crippen molar-refractivity contribution < 1.29 is 14.2 Å². The first-order chi connectivity index (χ1) is 12.8. The molecular weight excluding hydrogens is 330 g/mol. The second-order valence-electron chi connectivity index (χ2n) is 7.76. The van der Waals surface area contributed by atoms with E-state index in [4.69, 9.17) is 14.2 Å². The zero-order valence-corrected chi connectivity index (χ0v) is 15.3. The van der Waals surface area contributed by atoms with Crippen LogP contribution in [0, 0.1) is 11.8 Å². The van der Waals surface area contributed by atoms with Crippen molar-refractivity contribution in [3.05, 3.63) is 23.8 Å². The fourth-order valence-electron chi connectivity index (χ4n) is 4.96. The minimum atomic E-state index is 0.481. The lowest BCUT2D eigenvalue weighted by atomic mass is 9.82. The van der Waals surface area contributed by atoms with E-state index < -0.39 is 0 Å². The van der Waals surface area contributed by atoms with Gasteiger partial charge in [-0.3, -0.25) is 4.99 Å². The summed E-state index contributed by atoms with van der Waals surface area (Å²) in [5, 5.41) is 3.53. The predicted octanol–water partition coefficient (Wildman–Crippen LogP) is 2.03. The molecule has 0 aliphatic carbocycles. The van der Waals surface area contributed by atoms with Crippen LogP contribution in [-0.4, -0.2) is 56.4 Å². The third-order valence-corrected chi connectivity index (χ3v) is 6.23. The van der Waals surface area contributed by atoms with E-state index in [1.807, 2.05) is 13.1 Å². The Labute approximate surface area is 154 Å². The van der Waals surface area contributed by atoms with E-state index >= 15 is 0 Å². The molecule has 2 bridgehead atoms. The molecule has 6 nitrogen and oxygen atoms in total. The quantitative estimate of drug-likeness (QED) is 0.648. The number of hydrogen-bond donors (Lipinski definition) is 1. The van der Waals surface area contributed by atoms with Gasteiger partial charge < -0.3 is 24.4 Å². The molecule has 3 fully saturated rings. The maximum atomic E-state index is 6.08. The standard InChI is InChI=1S/C20H27N3O3/c1-21-20(23-11-14-15(12-23)17-6-5-16(14)26-17)22-10-13-3-4-18-19(9-13)25-8-2-7-24-18/h3-4,9,14-17H,2,5-8,10-12H2,1H3,(H,21,22). The number of likely N-dealkylation sites (tertiary alicyclic amines) is 1. The van der Waals surface area contributed by atoms with E-state index in [-0.39, 0.29) is 0 Å². The summed E-state index contributed by atoms with van der Waals surface area (Å²) in [5.74, 6) is 4.06. The van der Waals surface area contributed by atoms with Gasteiger partial charge in [0.05, 0.1) is 25.4 Å². The summed E-state index contributed by atoms with van der Waals surface area (Å²) in [5.41, 5.74) is 1.18. The number of guanidine groups is 1. The number of rotatable bonds is 2. The van der Waals surface area contributed by atoms with Gasteiger partial charge in [-0.05, 0) is 30.5 Å². The van der Waals surface area contributed by atoms with E-state index in [1.54, 1.807) is 0 Å². The summed E-state index contributed by atoms with van der Waals surface area (Å²) in [6.07, 6.45) is 4.37. The number of benzene rings is 1. The van der Waals surface area contributed by atoms with Gasteiger partial charge in [-0.2, -0.15) is 0 Å². The average molecular weight is 357 g/mol. The molecule has 1 N–H and O–H groups in total. The number of aliphatic imine (C=N–C) groups is 1. The molecule has 4 aliphatic heterocycles. The normalized spacial score (nSPS) is 32.5. The molecule has 0 saturated carbocycles. The Morgan fingerprint density at radius 1 is 1.12 bits per heavy atom. The van der Waals surface area contributed by atoms with Crippen molar-refractivity contribution in [2.45, 2.75) is 38.0 Å². The Morgan fingerprint density at radius 2 is 1.85 bits per heavy atom. The Morgan fingerprint density at radius 3 is 2.58 bits per heavy atom. The molecular formula is C20H27N3O3. The highest BCUT2D eigenvalue weighted by Crippen LogP contribution is 2.47. The van der Waals surface area contributed by atoms with Gasteiger partial charge in [0.15, 0.2) is 17.5 Å². The van der Waals surface area contributed by atoms with Gasteiger partial charge in [-0.15, -0.1) is 0 Å². The molecule has 140 valence electrons. The van der Waals surface area contributed by atoms with Crippen LogP contribution in [0.3, 0.4) is 0 Å². The van der Waals surface area contributed by atoms with Gasteiger partial charge in [-0.25, -0.2) is 0 Å². The first kappa shape index (κ1) is 16.2. The van der Waals surface area contributed by atoms with Gasteiger partial charge in [0.25, 0.3) is 0 Å². The molecule has 6 heteroatoms. The van der Waals surface area contributed by atoms with E-state index in [0.29, 0.717) is 30.7 Å². The summed E-state index contributed by atoms with van der Waals surface area (Å²) >= 11 is 0. The lowest BCUT2D eigenvalue weighted by Crippen LogP contribution is -2.40. The third-order valence-electron chi connectivity index (χ3n) is 6.23. The Kier molecular flexibility index (Phi) is 4.15. The number of nitrogens with one attached hydrogen (secondary N) is 1. The molecule has 5 rings (SSSR count). The third kappa shape index (κ3) is 2.80. The Hall–Kier alpha value is -1.95. The van der Waals surface area contributed by atoms with Crippen LogP contribution < -0.4 is 14.8 Å². The number of nitrogens with zero attached hydrogens (tertiary/aromatic N) is 2. The number of hydrogen-bond acceptors (Lipinski definition) is 4. The van der Waals surface area contributed by atoms with Gasteiger partial charge in [-0.1, -0.05) is 6.07 Å². The molecule has 26 heavy (non-hydrogen) atoms. The fourth-order valence-corrected chi connectivity index (χ4v) is 4.96. The second kappa shape index (κ2) is 6.65. The van der Waals surface area contributed by atoms with Gasteiger partial charge in [0, 0.05) is 44.9 Å². The predicted molar refractivity (Wildman–Crippen MR) is 98.7 cm³/mol. The second-order valence-corrected chi connectivity index (χ2v) is 7.76. The molecule has 0 radical (unpaired) electrons. The van der Waals surface area contributed by atoms with Crippen molar-refractivity contribution in [3.63, 3.8) is 0 Å². The van der Waals surface area contributed by atoms with Gasteiger partial charge >= 0.3 is 0 Å². The topological polar surface area (TPSA) is 55.3 Å². The summed E-state index contributed by atoms with van der Waals surface area (Å²) in [6.45, 7) is 4.30. The molecule has 0 spiro atoms. The van der Waals surface area contributed by atoms with E-state index in [9.17, 15) is 0 Å². The van der Waals surface area contributed by atoms with Gasteiger partial charge in [0.1, 0.15) is 0 Å². The fraction of sp³-hybridized carbons (Fsp3) is 0.650. The molecule has 1 aromatic rings. The molecule has 4 heterocycles. The van der Waals surface area contributed by atoms with Crippen LogP contribution in [0.1, 0.15) is 24.8 Å². The van der Waals surface area contributed by atoms with Crippen LogP contribution in [0.15, 0.2) is 23.2 Å². The molecule has 4 unspecified atom stereocenters. The lowest BCUT2D eigenvalue weighted by molar-refractivity contribution is 0.0767. The first-order valence-electron chi connectivity index (χ1n) is 9.81. The molecule has 0 aromatic heterocycles. The van der Waals surface area contributed by atoms with Crippen molar-refractivity contribution in [2.24, 2.45) is 16.8 Å². The molecule has 1 aromatic carbocycles. The number of fused-ring (bicyclic) bond motifs is 6. The van der Waals surface area contributed by atoms with Gasteiger partial charge in [0.2, 0.25) is 0 Å². The monoisotopic (exact) mass is 357 g/mol. The number of ether oxygens (including phenoxy) is 3. The van der Waals surface area contributed by atoms with E-state index in [1.165, 1.54) is 18.4 Å². The van der Waals surface area contributed by atoms with Crippen LogP contribution in [-0.2, 0) is 11.3 Å². The van der Waals surface area contributed by atoms with Crippen molar-refractivity contribution in [1.82, 2.24) is 10.2 Å². The Balaban J connectivity index is 1.23. The highest BCUT2D eigenvalue weighted by Gasteiger charge is 2.53. The minimum Gasteiger partial charge on any atom is -0.490 e. The summed E-state index contributed by atoms with van der Waals surface area (Å²) in [6, 6.07) is 6.18. The van der Waals surface area contributed by atoms with Crippen LogP contribution in [0.5, 0.6) is 11.5 Å². The maximum absolute atomic E-state index is 6.08. The molecule has 4 atom stereocenters. The smallest absolute Gasteiger partial charge is 0.193 e. The summed E-state index contributed by atoms with van der Waals surface area (Å²) < 4.78 is 17.6. The van der Waals surface area contributed by atoms with Crippen LogP contribution in [0.4, 0.5) is 0 Å². The SMILES string of the molecule is CN=C(NCc1ccc2c(c1)OCCCO2)N1CC2C3CCC(O3)C2C1. The van der Waals surface area contributed by atoms with Crippen LogP contribution >= 0.6 is 0 Å². The van der Waals surface area contributed by atoms with Crippen molar-refractivity contribution in [3.8, 4) is 11.5 Å². The lowest BCUT2D eigenvalue weighted by Gasteiger charge is -2.23. The minimum absolute atomic E-state index is 0.481. The summed E-state index contributed by atoms with van der Waals surface area (Å²) in [7, 11) is 1.87. The van der Waals surface area contributed by atoms with E-state index in [0.717, 1.165) is 50.1 Å². The summed E-state index contributed by atoms with van der Waals surface area (Å²) in [4.78, 5) is 6.93. The van der Waals surface area contributed by atoms with E-state index in [2.05, 4.69) is 27.3 Å². The maximum Gasteiger partial charge on any atom is 0.193 e. The van der Waals surface area contributed by atoms with Crippen molar-refractivity contribution in [2.75, 3.05) is 33.4 Å². The highest BCUT2D eigenvalue weighted by atomic mass is 16.5. The highest BCUT2D eigenvalue weighted by molar-refractivity contribution is 5.80. The van der Waals surface area contributed by atoms with Crippen LogP contribution in [0.25, 0.3) is 0 Å². The van der Waals surface area contributed by atoms with Crippen molar-refractivity contribution in [1.29, 1.82) is 0 Å². The average Bonchev–Trinajstić information content (AvgIpc) is 3.32. The molecule has 4 aliphatic rings. The molecule has 0 amide bonds. The Bertz CT molecular complexity index is 690.